The lowest BCUT2D eigenvalue weighted by atomic mass is 10.00. The second-order valence-electron chi connectivity index (χ2n) is 3.13. The van der Waals surface area contributed by atoms with Crippen LogP contribution in [0.15, 0.2) is 24.3 Å². The fraction of sp³-hybridized carbons (Fsp3) is 0.273. The highest BCUT2D eigenvalue weighted by Gasteiger charge is 2.09. The molecule has 0 fully saturated rings. The lowest BCUT2D eigenvalue weighted by molar-refractivity contribution is 0.0952. The van der Waals surface area contributed by atoms with Crippen LogP contribution in [-0.2, 0) is 0 Å². The minimum absolute atomic E-state index is 0.110. The fourth-order valence-corrected chi connectivity index (χ4v) is 1.08. The van der Waals surface area contributed by atoms with Gasteiger partial charge < -0.3 is 0 Å². The smallest absolute Gasteiger partial charge is 0.165 e. The van der Waals surface area contributed by atoms with Crippen molar-refractivity contribution in [1.29, 1.82) is 0 Å². The first-order chi connectivity index (χ1) is 5.61. The van der Waals surface area contributed by atoms with E-state index in [1.54, 1.807) is 0 Å². The summed E-state index contributed by atoms with van der Waals surface area (Å²) in [5, 5.41) is 0. The van der Waals surface area contributed by atoms with E-state index in [1.807, 2.05) is 38.1 Å². The third-order valence-corrected chi connectivity index (χ3v) is 1.75. The molecule has 0 saturated heterocycles. The molecule has 0 aromatic heterocycles. The van der Waals surface area contributed by atoms with Gasteiger partial charge in [0.05, 0.1) is 0 Å². The lowest BCUT2D eigenvalue weighted by Gasteiger charge is -2.03. The van der Waals surface area contributed by atoms with Crippen molar-refractivity contribution in [3.63, 3.8) is 0 Å². The minimum atomic E-state index is -0.160. The summed E-state index contributed by atoms with van der Waals surface area (Å²) in [6.07, 6.45) is 0. The van der Waals surface area contributed by atoms with E-state index in [0.29, 0.717) is 0 Å². The van der Waals surface area contributed by atoms with Crippen molar-refractivity contribution in [2.24, 2.45) is 5.92 Å². The van der Waals surface area contributed by atoms with Crippen molar-refractivity contribution in [1.82, 2.24) is 0 Å². The van der Waals surface area contributed by atoms with E-state index in [9.17, 15) is 4.79 Å². The minimum Gasteiger partial charge on any atom is -0.294 e. The molecule has 63 valence electrons. The molecule has 0 aliphatic rings. The Labute approximate surface area is 73.4 Å². The molecule has 0 aliphatic heterocycles. The second-order valence-corrected chi connectivity index (χ2v) is 3.13. The van der Waals surface area contributed by atoms with Gasteiger partial charge in [-0.25, -0.2) is 0 Å². The largest absolute Gasteiger partial charge is 0.294 e. The Morgan fingerprint density at radius 1 is 1.50 bits per heavy atom. The summed E-state index contributed by atoms with van der Waals surface area (Å²) < 4.78 is 0. The highest BCUT2D eigenvalue weighted by molar-refractivity contribution is 5.98. The first-order valence-corrected chi connectivity index (χ1v) is 4.05. The van der Waals surface area contributed by atoms with Crippen molar-refractivity contribution in [2.75, 3.05) is 0 Å². The average Bonchev–Trinajstić information content (AvgIpc) is 2.03. The third kappa shape index (κ3) is 1.94. The van der Waals surface area contributed by atoms with Crippen LogP contribution in [-0.4, -0.2) is 5.78 Å². The Hall–Kier alpha value is -1.11. The normalized spacial score (nSPS) is 10.3. The molecular weight excluding hydrogens is 148 g/mol. The van der Waals surface area contributed by atoms with E-state index < -0.39 is 0 Å². The molecule has 0 aliphatic carbocycles. The maximum Gasteiger partial charge on any atom is 0.165 e. The van der Waals surface area contributed by atoms with E-state index >= 15 is 0 Å². The molecule has 0 amide bonds. The average molecular weight is 161 g/mol. The predicted molar refractivity (Wildman–Crippen MR) is 50.0 cm³/mol. The number of rotatable bonds is 2. The zero-order valence-corrected chi connectivity index (χ0v) is 7.50. The first kappa shape index (κ1) is 8.98. The molecule has 1 unspecified atom stereocenters. The predicted octanol–water partition coefficient (Wildman–Crippen LogP) is 2.65. The molecule has 1 radical (unpaired) electrons. The molecule has 1 aromatic carbocycles. The first-order valence-electron chi connectivity index (χ1n) is 4.05. The summed E-state index contributed by atoms with van der Waals surface area (Å²) in [5.74, 6) is -0.0505. The highest BCUT2D eigenvalue weighted by Crippen LogP contribution is 2.09. The molecule has 1 aromatic rings. The van der Waals surface area contributed by atoms with Gasteiger partial charge in [0.15, 0.2) is 5.78 Å². The summed E-state index contributed by atoms with van der Waals surface area (Å²) in [6.45, 7) is 7.48. The van der Waals surface area contributed by atoms with Gasteiger partial charge in [0, 0.05) is 11.5 Å². The molecule has 1 rings (SSSR count). The number of ketones is 1. The van der Waals surface area contributed by atoms with Crippen molar-refractivity contribution in [3.8, 4) is 0 Å². The summed E-state index contributed by atoms with van der Waals surface area (Å²) >= 11 is 0. The Kier molecular flexibility index (Phi) is 2.64. The van der Waals surface area contributed by atoms with E-state index in [0.717, 1.165) is 11.1 Å². The Bertz CT molecular complexity index is 287. The molecule has 0 bridgehead atoms. The number of hydrogen-bond donors (Lipinski definition) is 0. The van der Waals surface area contributed by atoms with Gasteiger partial charge in [0.25, 0.3) is 0 Å². The maximum atomic E-state index is 11.4. The maximum absolute atomic E-state index is 11.4. The second kappa shape index (κ2) is 3.53. The molecule has 12 heavy (non-hydrogen) atoms. The topological polar surface area (TPSA) is 17.1 Å². The van der Waals surface area contributed by atoms with Crippen LogP contribution in [0.5, 0.6) is 0 Å². The summed E-state index contributed by atoms with van der Waals surface area (Å²) in [6, 6.07) is 7.59. The van der Waals surface area contributed by atoms with Gasteiger partial charge in [-0.3, -0.25) is 4.79 Å². The van der Waals surface area contributed by atoms with Gasteiger partial charge in [0.1, 0.15) is 0 Å². The Morgan fingerprint density at radius 3 is 2.67 bits per heavy atom. The quantitative estimate of drug-likeness (QED) is 0.609. The van der Waals surface area contributed by atoms with E-state index in [-0.39, 0.29) is 11.7 Å². The van der Waals surface area contributed by atoms with Crippen LogP contribution in [0.1, 0.15) is 22.8 Å². The zero-order chi connectivity index (χ0) is 9.14. The van der Waals surface area contributed by atoms with E-state index in [2.05, 4.69) is 6.92 Å². The molecule has 1 atom stereocenters. The summed E-state index contributed by atoms with van der Waals surface area (Å²) in [4.78, 5) is 11.4. The van der Waals surface area contributed by atoms with Crippen LogP contribution >= 0.6 is 0 Å². The van der Waals surface area contributed by atoms with E-state index in [4.69, 9.17) is 0 Å². The molecule has 0 saturated carbocycles. The van der Waals surface area contributed by atoms with Crippen molar-refractivity contribution >= 4 is 5.78 Å². The van der Waals surface area contributed by atoms with Crippen LogP contribution in [0.3, 0.4) is 0 Å². The number of benzene rings is 1. The molecule has 1 nitrogen and oxygen atoms in total. The molecule has 1 heteroatoms. The van der Waals surface area contributed by atoms with Crippen LogP contribution < -0.4 is 0 Å². The SMILES string of the molecule is [CH2]C(C)C(=O)c1cccc(C)c1. The third-order valence-electron chi connectivity index (χ3n) is 1.75. The van der Waals surface area contributed by atoms with Crippen molar-refractivity contribution in [3.05, 3.63) is 42.3 Å². The number of Topliss-reactive ketones (excluding diaryl/α,β-unsaturated/α-hetero) is 1. The number of hydrogen-bond acceptors (Lipinski definition) is 1. The van der Waals surface area contributed by atoms with Gasteiger partial charge in [-0.05, 0) is 19.9 Å². The molecule has 0 spiro atoms. The number of carbonyl (C=O) groups excluding carboxylic acids is 1. The number of carbonyl (C=O) groups is 1. The lowest BCUT2D eigenvalue weighted by Crippen LogP contribution is -2.07. The molecule has 0 heterocycles. The standard InChI is InChI=1S/C11H13O/c1-8(2)11(12)10-6-4-5-9(3)7-10/h4-8H,1H2,2-3H3. The number of aryl methyl sites for hydroxylation is 1. The molecule has 0 N–H and O–H groups in total. The van der Waals surface area contributed by atoms with Gasteiger partial charge in [0.2, 0.25) is 0 Å². The zero-order valence-electron chi connectivity index (χ0n) is 7.50. The Morgan fingerprint density at radius 2 is 2.17 bits per heavy atom. The van der Waals surface area contributed by atoms with E-state index in [1.165, 1.54) is 0 Å². The van der Waals surface area contributed by atoms with Gasteiger partial charge >= 0.3 is 0 Å². The fourth-order valence-electron chi connectivity index (χ4n) is 1.08. The Balaban J connectivity index is 2.96. The van der Waals surface area contributed by atoms with Crippen LogP contribution in [0.2, 0.25) is 0 Å². The summed E-state index contributed by atoms with van der Waals surface area (Å²) in [7, 11) is 0. The summed E-state index contributed by atoms with van der Waals surface area (Å²) in [5.41, 5.74) is 1.87. The van der Waals surface area contributed by atoms with Crippen molar-refractivity contribution in [2.45, 2.75) is 13.8 Å². The van der Waals surface area contributed by atoms with Crippen molar-refractivity contribution < 1.29 is 4.79 Å². The van der Waals surface area contributed by atoms with Crippen LogP contribution in [0.25, 0.3) is 0 Å². The van der Waals surface area contributed by atoms with Gasteiger partial charge in [-0.1, -0.05) is 30.7 Å². The van der Waals surface area contributed by atoms with Crippen LogP contribution in [0, 0.1) is 19.8 Å². The highest BCUT2D eigenvalue weighted by atomic mass is 16.1. The van der Waals surface area contributed by atoms with Crippen LogP contribution in [0.4, 0.5) is 0 Å². The molecular formula is C11H13O. The van der Waals surface area contributed by atoms with Gasteiger partial charge in [-0.2, -0.15) is 0 Å². The van der Waals surface area contributed by atoms with Gasteiger partial charge in [-0.15, -0.1) is 0 Å². The monoisotopic (exact) mass is 161 g/mol.